The number of halogens is 1. The average Bonchev–Trinajstić information content (AvgIpc) is 3.52. The summed E-state index contributed by atoms with van der Waals surface area (Å²) in [5, 5.41) is 3.37. The van der Waals surface area contributed by atoms with Crippen molar-refractivity contribution >= 4 is 16.7 Å². The summed E-state index contributed by atoms with van der Waals surface area (Å²) in [6, 6.07) is 14.1. The van der Waals surface area contributed by atoms with Gasteiger partial charge in [-0.15, -0.1) is 0 Å². The lowest BCUT2D eigenvalue weighted by Gasteiger charge is -2.21. The van der Waals surface area contributed by atoms with E-state index in [1.165, 1.54) is 16.8 Å². The lowest BCUT2D eigenvalue weighted by atomic mass is 9.99. The molecule has 0 saturated heterocycles. The highest BCUT2D eigenvalue weighted by Crippen LogP contribution is 2.41. The van der Waals surface area contributed by atoms with E-state index in [1.54, 1.807) is 20.0 Å². The van der Waals surface area contributed by atoms with Gasteiger partial charge in [-0.3, -0.25) is 9.59 Å². The van der Waals surface area contributed by atoms with E-state index in [0.717, 1.165) is 18.4 Å². The van der Waals surface area contributed by atoms with E-state index < -0.39 is 11.4 Å². The van der Waals surface area contributed by atoms with Gasteiger partial charge in [0.25, 0.3) is 11.5 Å². The van der Waals surface area contributed by atoms with Gasteiger partial charge in [0.05, 0.1) is 22.7 Å². The molecule has 0 unspecified atom stereocenters. The molecule has 0 spiro atoms. The Bertz CT molecular complexity index is 1100. The van der Waals surface area contributed by atoms with Crippen molar-refractivity contribution in [1.82, 2.24) is 9.99 Å². The molecule has 1 heterocycles. The van der Waals surface area contributed by atoms with E-state index in [4.69, 9.17) is 0 Å². The Morgan fingerprint density at radius 2 is 1.86 bits per heavy atom. The van der Waals surface area contributed by atoms with Crippen LogP contribution in [0.15, 0.2) is 53.3 Å². The summed E-state index contributed by atoms with van der Waals surface area (Å²) in [6.07, 6.45) is 2.12. The number of hydrogen-bond acceptors (Lipinski definition) is 3. The second-order valence-electron chi connectivity index (χ2n) is 7.19. The number of amides is 1. The molecule has 1 aromatic heterocycles. The van der Waals surface area contributed by atoms with Crippen LogP contribution in [0.3, 0.4) is 0 Å². The molecule has 0 radical (unpaired) electrons. The fraction of sp³-hybridized carbons (Fsp3) is 0.273. The first-order valence-corrected chi connectivity index (χ1v) is 9.40. The molecule has 28 heavy (non-hydrogen) atoms. The number of benzene rings is 2. The summed E-state index contributed by atoms with van der Waals surface area (Å²) in [4.78, 5) is 26.0. The maximum atomic E-state index is 14.4. The third-order valence-electron chi connectivity index (χ3n) is 5.39. The van der Waals surface area contributed by atoms with Crippen LogP contribution in [0.2, 0.25) is 0 Å². The fourth-order valence-corrected chi connectivity index (χ4v) is 3.85. The molecule has 1 amide bonds. The van der Waals surface area contributed by atoms with Crippen LogP contribution >= 0.6 is 0 Å². The summed E-state index contributed by atoms with van der Waals surface area (Å²) in [7, 11) is 1.57. The predicted molar refractivity (Wildman–Crippen MR) is 108 cm³/mol. The molecular formula is C22H22FN3O2. The first kappa shape index (κ1) is 18.2. The molecule has 144 valence electrons. The van der Waals surface area contributed by atoms with Crippen LogP contribution in [0.4, 0.5) is 4.39 Å². The van der Waals surface area contributed by atoms with Crippen LogP contribution in [0.1, 0.15) is 40.5 Å². The normalized spacial score (nSPS) is 14.7. The summed E-state index contributed by atoms with van der Waals surface area (Å²) in [5.74, 6) is -0.551. The molecule has 5 nitrogen and oxygen atoms in total. The molecule has 1 fully saturated rings. The monoisotopic (exact) mass is 379 g/mol. The lowest BCUT2D eigenvalue weighted by Crippen LogP contribution is -2.35. The van der Waals surface area contributed by atoms with E-state index in [2.05, 4.69) is 10.7 Å². The van der Waals surface area contributed by atoms with Gasteiger partial charge in [-0.2, -0.15) is 0 Å². The minimum Gasteiger partial charge on any atom is -0.345 e. The van der Waals surface area contributed by atoms with E-state index in [9.17, 15) is 14.0 Å². The number of aromatic nitrogens is 1. The second-order valence-corrected chi connectivity index (χ2v) is 7.19. The minimum atomic E-state index is -0.637. The Balaban J connectivity index is 1.83. The zero-order valence-corrected chi connectivity index (χ0v) is 15.8. The maximum Gasteiger partial charge on any atom is 0.279 e. The van der Waals surface area contributed by atoms with E-state index in [-0.39, 0.29) is 17.3 Å². The standard InChI is InChI=1S/C22H22FN3O2/c1-13-18(16-9-6-10-17(23)19(16)22(28)26(13)24-2)21(27)25-20(15-11-12-15)14-7-4-3-5-8-14/h3-10,15,20,24H,11-12H2,1-2H3,(H,25,27)/t20-/m1/s1. The molecule has 2 N–H and O–H groups in total. The third-order valence-corrected chi connectivity index (χ3v) is 5.39. The van der Waals surface area contributed by atoms with Gasteiger partial charge in [0, 0.05) is 12.4 Å². The van der Waals surface area contributed by atoms with Crippen LogP contribution in [-0.4, -0.2) is 17.6 Å². The molecule has 0 bridgehead atoms. The van der Waals surface area contributed by atoms with Gasteiger partial charge in [-0.05, 0) is 37.3 Å². The SMILES string of the molecule is CNn1c(C)c(C(=O)N[C@H](c2ccccc2)C2CC2)c2cccc(F)c2c1=O. The van der Waals surface area contributed by atoms with Gasteiger partial charge < -0.3 is 10.7 Å². The van der Waals surface area contributed by atoms with Crippen LogP contribution in [0.5, 0.6) is 0 Å². The Morgan fingerprint density at radius 3 is 2.50 bits per heavy atom. The molecule has 0 aliphatic heterocycles. The number of carbonyl (C=O) groups is 1. The van der Waals surface area contributed by atoms with Gasteiger partial charge in [-0.25, -0.2) is 9.07 Å². The van der Waals surface area contributed by atoms with Crippen molar-refractivity contribution in [3.8, 4) is 0 Å². The van der Waals surface area contributed by atoms with Gasteiger partial charge in [-0.1, -0.05) is 42.5 Å². The highest BCUT2D eigenvalue weighted by Gasteiger charge is 2.34. The van der Waals surface area contributed by atoms with Crippen LogP contribution in [-0.2, 0) is 0 Å². The highest BCUT2D eigenvalue weighted by molar-refractivity contribution is 6.08. The first-order valence-electron chi connectivity index (χ1n) is 9.40. The lowest BCUT2D eigenvalue weighted by molar-refractivity contribution is 0.0932. The molecule has 4 rings (SSSR count). The predicted octanol–water partition coefficient (Wildman–Crippen LogP) is 3.50. The molecule has 2 aromatic carbocycles. The van der Waals surface area contributed by atoms with E-state index in [0.29, 0.717) is 22.6 Å². The summed E-state index contributed by atoms with van der Waals surface area (Å²) in [5.41, 5.74) is 4.06. The Labute approximate surface area is 162 Å². The molecule has 1 atom stereocenters. The Hall–Kier alpha value is -3.15. The van der Waals surface area contributed by atoms with Crippen molar-refractivity contribution in [2.24, 2.45) is 5.92 Å². The van der Waals surface area contributed by atoms with Crippen molar-refractivity contribution < 1.29 is 9.18 Å². The zero-order valence-electron chi connectivity index (χ0n) is 15.8. The Morgan fingerprint density at radius 1 is 1.14 bits per heavy atom. The molecule has 1 saturated carbocycles. The zero-order chi connectivity index (χ0) is 19.8. The number of nitrogens with zero attached hydrogens (tertiary/aromatic N) is 1. The van der Waals surface area contributed by atoms with Gasteiger partial charge in [0.15, 0.2) is 0 Å². The molecule has 6 heteroatoms. The van der Waals surface area contributed by atoms with Gasteiger partial charge >= 0.3 is 0 Å². The number of carbonyl (C=O) groups excluding carboxylic acids is 1. The van der Waals surface area contributed by atoms with Crippen molar-refractivity contribution in [1.29, 1.82) is 0 Å². The molecule has 1 aliphatic rings. The highest BCUT2D eigenvalue weighted by atomic mass is 19.1. The number of fused-ring (bicyclic) bond motifs is 1. The van der Waals surface area contributed by atoms with Crippen LogP contribution in [0.25, 0.3) is 10.8 Å². The summed E-state index contributed by atoms with van der Waals surface area (Å²) in [6.45, 7) is 1.69. The average molecular weight is 379 g/mol. The quantitative estimate of drug-likeness (QED) is 0.713. The fourth-order valence-electron chi connectivity index (χ4n) is 3.85. The van der Waals surface area contributed by atoms with E-state index in [1.807, 2.05) is 30.3 Å². The van der Waals surface area contributed by atoms with Gasteiger partial charge in [0.1, 0.15) is 5.82 Å². The largest absolute Gasteiger partial charge is 0.345 e. The van der Waals surface area contributed by atoms with Crippen molar-refractivity contribution in [3.05, 3.63) is 81.5 Å². The van der Waals surface area contributed by atoms with E-state index >= 15 is 0 Å². The third kappa shape index (κ3) is 3.05. The van der Waals surface area contributed by atoms with Crippen LogP contribution < -0.4 is 16.3 Å². The maximum absolute atomic E-state index is 14.4. The molecular weight excluding hydrogens is 357 g/mol. The van der Waals surface area contributed by atoms with Crippen molar-refractivity contribution in [2.75, 3.05) is 12.5 Å². The number of rotatable bonds is 5. The number of hydrogen-bond donors (Lipinski definition) is 2. The number of pyridine rings is 1. The first-order chi connectivity index (χ1) is 13.5. The minimum absolute atomic E-state index is 0.0877. The van der Waals surface area contributed by atoms with Gasteiger partial charge in [0.2, 0.25) is 0 Å². The topological polar surface area (TPSA) is 63.1 Å². The van der Waals surface area contributed by atoms with Crippen molar-refractivity contribution in [3.63, 3.8) is 0 Å². The Kier molecular flexibility index (Phi) is 4.63. The van der Waals surface area contributed by atoms with Crippen molar-refractivity contribution in [2.45, 2.75) is 25.8 Å². The van der Waals surface area contributed by atoms with Crippen LogP contribution in [0, 0.1) is 18.7 Å². The number of nitrogens with one attached hydrogen (secondary N) is 2. The second kappa shape index (κ2) is 7.11. The molecule has 3 aromatic rings. The summed E-state index contributed by atoms with van der Waals surface area (Å²) >= 11 is 0. The summed E-state index contributed by atoms with van der Waals surface area (Å²) < 4.78 is 15.6. The molecule has 1 aliphatic carbocycles. The smallest absolute Gasteiger partial charge is 0.279 e.